The predicted molar refractivity (Wildman–Crippen MR) is 81.1 cm³/mol. The lowest BCUT2D eigenvalue weighted by Gasteiger charge is -2.24. The molecule has 110 valence electrons. The van der Waals surface area contributed by atoms with Crippen LogP contribution in [0.25, 0.3) is 0 Å². The molecule has 1 amide bonds. The molecule has 1 atom stereocenters. The highest BCUT2D eigenvalue weighted by atomic mass is 16.2. The van der Waals surface area contributed by atoms with E-state index in [2.05, 4.69) is 29.2 Å². The quantitative estimate of drug-likeness (QED) is 0.852. The Kier molecular flexibility index (Phi) is 5.56. The first-order valence-electron chi connectivity index (χ1n) is 7.47. The molecule has 2 N–H and O–H groups in total. The number of nitrogens with zero attached hydrogens (tertiary/aromatic N) is 2. The summed E-state index contributed by atoms with van der Waals surface area (Å²) in [5.41, 5.74) is 6.81. The molecule has 0 aliphatic carbocycles. The summed E-state index contributed by atoms with van der Waals surface area (Å²) in [6.07, 6.45) is 1.17. The number of amides is 1. The Labute approximate surface area is 121 Å². The fraction of sp³-hybridized carbons (Fsp3) is 0.562. The molecule has 0 radical (unpaired) electrons. The maximum absolute atomic E-state index is 11.7. The van der Waals surface area contributed by atoms with Gasteiger partial charge in [0.15, 0.2) is 0 Å². The van der Waals surface area contributed by atoms with E-state index in [9.17, 15) is 4.79 Å². The third-order valence-corrected chi connectivity index (χ3v) is 4.01. The van der Waals surface area contributed by atoms with Crippen LogP contribution in [-0.4, -0.2) is 48.4 Å². The summed E-state index contributed by atoms with van der Waals surface area (Å²) in [7, 11) is 0. The molecule has 1 aliphatic rings. The lowest BCUT2D eigenvalue weighted by atomic mass is 10.1. The number of benzene rings is 1. The molecule has 0 aromatic heterocycles. The van der Waals surface area contributed by atoms with Gasteiger partial charge in [-0.25, -0.2) is 0 Å². The molecule has 0 saturated carbocycles. The second-order valence-corrected chi connectivity index (χ2v) is 5.51. The van der Waals surface area contributed by atoms with Crippen LogP contribution >= 0.6 is 0 Å². The summed E-state index contributed by atoms with van der Waals surface area (Å²) in [5.74, 6) is 0.642. The van der Waals surface area contributed by atoms with E-state index < -0.39 is 0 Å². The summed E-state index contributed by atoms with van der Waals surface area (Å²) in [4.78, 5) is 16.0. The van der Waals surface area contributed by atoms with Gasteiger partial charge in [-0.15, -0.1) is 0 Å². The Morgan fingerprint density at radius 3 is 2.80 bits per heavy atom. The minimum atomic E-state index is 0.0639. The topological polar surface area (TPSA) is 49.6 Å². The SMILES string of the molecule is CCN(CC1CCN(Cc2ccccc2)C1)C(=O)CN. The van der Waals surface area contributed by atoms with Crippen LogP contribution in [-0.2, 0) is 11.3 Å². The van der Waals surface area contributed by atoms with Crippen molar-refractivity contribution in [3.63, 3.8) is 0 Å². The number of nitrogens with two attached hydrogens (primary N) is 1. The minimum Gasteiger partial charge on any atom is -0.342 e. The van der Waals surface area contributed by atoms with E-state index in [4.69, 9.17) is 5.73 Å². The molecule has 2 rings (SSSR count). The molecule has 1 fully saturated rings. The second-order valence-electron chi connectivity index (χ2n) is 5.51. The van der Waals surface area contributed by atoms with E-state index in [1.54, 1.807) is 0 Å². The van der Waals surface area contributed by atoms with Crippen LogP contribution in [0, 0.1) is 5.92 Å². The van der Waals surface area contributed by atoms with Crippen molar-refractivity contribution in [3.05, 3.63) is 35.9 Å². The van der Waals surface area contributed by atoms with Crippen LogP contribution in [0.4, 0.5) is 0 Å². The van der Waals surface area contributed by atoms with Crippen molar-refractivity contribution in [3.8, 4) is 0 Å². The summed E-state index contributed by atoms with van der Waals surface area (Å²) >= 11 is 0. The molecular formula is C16H25N3O. The second kappa shape index (κ2) is 7.41. The monoisotopic (exact) mass is 275 g/mol. The van der Waals surface area contributed by atoms with E-state index in [0.29, 0.717) is 5.92 Å². The fourth-order valence-corrected chi connectivity index (χ4v) is 2.90. The van der Waals surface area contributed by atoms with Gasteiger partial charge in [-0.05, 0) is 31.4 Å². The van der Waals surface area contributed by atoms with Gasteiger partial charge in [-0.2, -0.15) is 0 Å². The molecule has 1 heterocycles. The van der Waals surface area contributed by atoms with E-state index >= 15 is 0 Å². The van der Waals surface area contributed by atoms with E-state index in [1.165, 1.54) is 12.0 Å². The first-order valence-corrected chi connectivity index (χ1v) is 7.47. The van der Waals surface area contributed by atoms with Crippen molar-refractivity contribution in [1.29, 1.82) is 0 Å². The summed E-state index contributed by atoms with van der Waals surface area (Å²) < 4.78 is 0. The number of hydrogen-bond acceptors (Lipinski definition) is 3. The Bertz CT molecular complexity index is 421. The maximum Gasteiger partial charge on any atom is 0.236 e. The first kappa shape index (κ1) is 15.0. The van der Waals surface area contributed by atoms with Crippen LogP contribution in [0.2, 0.25) is 0 Å². The van der Waals surface area contributed by atoms with Crippen molar-refractivity contribution < 1.29 is 4.79 Å². The molecule has 0 bridgehead atoms. The Morgan fingerprint density at radius 2 is 2.15 bits per heavy atom. The molecule has 1 aromatic rings. The summed E-state index contributed by atoms with van der Waals surface area (Å²) in [5, 5.41) is 0. The number of likely N-dealkylation sites (N-methyl/N-ethyl adjacent to an activating group) is 1. The van der Waals surface area contributed by atoms with Gasteiger partial charge in [0.25, 0.3) is 0 Å². The number of hydrogen-bond donors (Lipinski definition) is 1. The van der Waals surface area contributed by atoms with Gasteiger partial charge < -0.3 is 10.6 Å². The number of carbonyl (C=O) groups is 1. The van der Waals surface area contributed by atoms with Gasteiger partial charge in [0.1, 0.15) is 0 Å². The Balaban J connectivity index is 1.81. The van der Waals surface area contributed by atoms with Crippen molar-refractivity contribution in [1.82, 2.24) is 9.80 Å². The average Bonchev–Trinajstić information content (AvgIpc) is 2.92. The number of likely N-dealkylation sites (tertiary alicyclic amines) is 1. The van der Waals surface area contributed by atoms with Gasteiger partial charge in [-0.1, -0.05) is 30.3 Å². The highest BCUT2D eigenvalue weighted by Gasteiger charge is 2.25. The fourth-order valence-electron chi connectivity index (χ4n) is 2.90. The normalized spacial score (nSPS) is 19.2. The Hall–Kier alpha value is -1.39. The van der Waals surface area contributed by atoms with Gasteiger partial charge in [0, 0.05) is 26.2 Å². The van der Waals surface area contributed by atoms with Crippen LogP contribution < -0.4 is 5.73 Å². The molecule has 4 nitrogen and oxygen atoms in total. The van der Waals surface area contributed by atoms with E-state index in [0.717, 1.165) is 32.7 Å². The van der Waals surface area contributed by atoms with Crippen LogP contribution in [0.1, 0.15) is 18.9 Å². The molecular weight excluding hydrogens is 250 g/mol. The highest BCUT2D eigenvalue weighted by Crippen LogP contribution is 2.19. The molecule has 1 unspecified atom stereocenters. The molecule has 4 heteroatoms. The average molecular weight is 275 g/mol. The van der Waals surface area contributed by atoms with Gasteiger partial charge in [0.05, 0.1) is 6.54 Å². The van der Waals surface area contributed by atoms with E-state index in [1.807, 2.05) is 17.9 Å². The molecule has 1 aliphatic heterocycles. The van der Waals surface area contributed by atoms with Gasteiger partial charge in [-0.3, -0.25) is 9.69 Å². The number of rotatable bonds is 6. The van der Waals surface area contributed by atoms with Crippen LogP contribution in [0.15, 0.2) is 30.3 Å². The highest BCUT2D eigenvalue weighted by molar-refractivity contribution is 5.77. The van der Waals surface area contributed by atoms with Gasteiger partial charge >= 0.3 is 0 Å². The summed E-state index contributed by atoms with van der Waals surface area (Å²) in [6.45, 7) is 6.94. The Morgan fingerprint density at radius 1 is 1.40 bits per heavy atom. The van der Waals surface area contributed by atoms with Crippen LogP contribution in [0.5, 0.6) is 0 Å². The minimum absolute atomic E-state index is 0.0639. The van der Waals surface area contributed by atoms with Crippen molar-refractivity contribution in [2.75, 3.05) is 32.7 Å². The molecule has 1 saturated heterocycles. The molecule has 20 heavy (non-hydrogen) atoms. The predicted octanol–water partition coefficient (Wildman–Crippen LogP) is 1.32. The molecule has 1 aromatic carbocycles. The van der Waals surface area contributed by atoms with Crippen molar-refractivity contribution in [2.45, 2.75) is 19.9 Å². The third-order valence-electron chi connectivity index (χ3n) is 4.01. The van der Waals surface area contributed by atoms with Gasteiger partial charge in [0.2, 0.25) is 5.91 Å². The summed E-state index contributed by atoms with van der Waals surface area (Å²) in [6, 6.07) is 10.6. The zero-order chi connectivity index (χ0) is 14.4. The smallest absolute Gasteiger partial charge is 0.236 e. The lowest BCUT2D eigenvalue weighted by Crippen LogP contribution is -2.39. The molecule has 0 spiro atoms. The zero-order valence-electron chi connectivity index (χ0n) is 12.3. The third kappa shape index (κ3) is 4.05. The largest absolute Gasteiger partial charge is 0.342 e. The zero-order valence-corrected chi connectivity index (χ0v) is 12.3. The standard InChI is InChI=1S/C16H25N3O/c1-2-19(16(20)10-17)13-15-8-9-18(12-15)11-14-6-4-3-5-7-14/h3-7,15H,2,8-13,17H2,1H3. The van der Waals surface area contributed by atoms with Crippen LogP contribution in [0.3, 0.4) is 0 Å². The first-order chi connectivity index (χ1) is 9.72. The van der Waals surface area contributed by atoms with E-state index in [-0.39, 0.29) is 12.5 Å². The maximum atomic E-state index is 11.7. The number of carbonyl (C=O) groups excluding carboxylic acids is 1. The lowest BCUT2D eigenvalue weighted by molar-refractivity contribution is -0.130. The van der Waals surface area contributed by atoms with Crippen molar-refractivity contribution in [2.24, 2.45) is 11.7 Å². The van der Waals surface area contributed by atoms with Crippen molar-refractivity contribution >= 4 is 5.91 Å².